The number of hydrogen-bond acceptors (Lipinski definition) is 5. The number of hydrogen-bond donors (Lipinski definition) is 0. The minimum Gasteiger partial charge on any atom is -0.493 e. The highest BCUT2D eigenvalue weighted by molar-refractivity contribution is 5.68. The van der Waals surface area contributed by atoms with Crippen LogP contribution in [0.5, 0.6) is 11.5 Å². The van der Waals surface area contributed by atoms with Crippen LogP contribution in [0.4, 0.5) is 0 Å². The van der Waals surface area contributed by atoms with Crippen LogP contribution in [0.3, 0.4) is 0 Å². The van der Waals surface area contributed by atoms with Gasteiger partial charge in [0.15, 0.2) is 17.6 Å². The molecule has 1 aromatic carbocycles. The second kappa shape index (κ2) is 5.01. The Labute approximate surface area is 147 Å². The molecule has 1 saturated heterocycles. The van der Waals surface area contributed by atoms with Crippen LogP contribution >= 0.6 is 0 Å². The average Bonchev–Trinajstić information content (AvgIpc) is 2.94. The Hall–Kier alpha value is -2.01. The van der Waals surface area contributed by atoms with Gasteiger partial charge in [0.1, 0.15) is 5.76 Å². The zero-order valence-electron chi connectivity index (χ0n) is 14.9. The molecule has 2 heterocycles. The maximum atomic E-state index is 11.6. The van der Waals surface area contributed by atoms with Crippen molar-refractivity contribution in [1.29, 1.82) is 0 Å². The van der Waals surface area contributed by atoms with Gasteiger partial charge in [0.05, 0.1) is 7.11 Å². The Bertz CT molecular complexity index is 801. The topological polar surface area (TPSA) is 48.0 Å². The van der Waals surface area contributed by atoms with Crippen molar-refractivity contribution >= 4 is 5.97 Å². The molecule has 4 aliphatic rings. The lowest BCUT2D eigenvalue weighted by Gasteiger charge is -2.56. The Kier molecular flexibility index (Phi) is 3.06. The van der Waals surface area contributed by atoms with E-state index in [-0.39, 0.29) is 17.5 Å². The van der Waals surface area contributed by atoms with Crippen molar-refractivity contribution in [2.45, 2.75) is 43.7 Å². The molecule has 1 aromatic rings. The van der Waals surface area contributed by atoms with Gasteiger partial charge >= 0.3 is 5.97 Å². The molecule has 2 aliphatic carbocycles. The van der Waals surface area contributed by atoms with Crippen molar-refractivity contribution in [3.63, 3.8) is 0 Å². The summed E-state index contributed by atoms with van der Waals surface area (Å²) >= 11 is 0. The van der Waals surface area contributed by atoms with E-state index in [4.69, 9.17) is 14.2 Å². The monoisotopic (exact) mass is 341 g/mol. The molecule has 5 nitrogen and oxygen atoms in total. The van der Waals surface area contributed by atoms with Crippen molar-refractivity contribution in [3.05, 3.63) is 35.1 Å². The molecule has 4 atom stereocenters. The predicted octanol–water partition coefficient (Wildman–Crippen LogP) is 2.42. The van der Waals surface area contributed by atoms with Gasteiger partial charge in [-0.3, -0.25) is 4.79 Å². The maximum absolute atomic E-state index is 11.6. The van der Waals surface area contributed by atoms with E-state index in [1.807, 2.05) is 6.07 Å². The fourth-order valence-corrected chi connectivity index (χ4v) is 5.73. The van der Waals surface area contributed by atoms with E-state index in [0.29, 0.717) is 17.7 Å². The molecule has 5 heteroatoms. The fourth-order valence-electron chi connectivity index (χ4n) is 5.73. The van der Waals surface area contributed by atoms with Crippen LogP contribution in [0.15, 0.2) is 24.0 Å². The Morgan fingerprint density at radius 3 is 3.00 bits per heavy atom. The lowest BCUT2D eigenvalue weighted by molar-refractivity contribution is -0.140. The number of allylic oxidation sites excluding steroid dienone is 1. The molecular weight excluding hydrogens is 318 g/mol. The maximum Gasteiger partial charge on any atom is 0.307 e. The van der Waals surface area contributed by atoms with E-state index in [1.54, 1.807) is 7.11 Å². The number of ether oxygens (including phenoxy) is 3. The molecule has 2 bridgehead atoms. The molecular formula is C20H23NO4. The van der Waals surface area contributed by atoms with Crippen molar-refractivity contribution < 1.29 is 19.0 Å². The first-order valence-electron chi connectivity index (χ1n) is 9.02. The first-order chi connectivity index (χ1) is 12.1. The van der Waals surface area contributed by atoms with E-state index >= 15 is 0 Å². The Balaban J connectivity index is 1.74. The smallest absolute Gasteiger partial charge is 0.307 e. The highest BCUT2D eigenvalue weighted by atomic mass is 16.6. The Morgan fingerprint density at radius 2 is 2.24 bits per heavy atom. The third-order valence-corrected chi connectivity index (χ3v) is 6.69. The minimum atomic E-state index is -0.284. The van der Waals surface area contributed by atoms with Gasteiger partial charge in [-0.15, -0.1) is 0 Å². The molecule has 25 heavy (non-hydrogen) atoms. The number of likely N-dealkylation sites (tertiary alicyclic amines) is 1. The first kappa shape index (κ1) is 15.3. The molecule has 0 radical (unpaired) electrons. The van der Waals surface area contributed by atoms with Gasteiger partial charge in [0.2, 0.25) is 0 Å². The SMILES string of the molecule is COc1ccc2c3c1O[C@@H]1C(OC(C)=O)=CC[C@@H]4[C@H](C2)N(C)CC[C@@]314. The number of methoxy groups -OCH3 is 1. The van der Waals surface area contributed by atoms with Gasteiger partial charge in [-0.25, -0.2) is 0 Å². The Morgan fingerprint density at radius 1 is 1.40 bits per heavy atom. The minimum absolute atomic E-state index is 0.103. The van der Waals surface area contributed by atoms with Gasteiger partial charge in [0.25, 0.3) is 0 Å². The molecule has 0 saturated carbocycles. The number of rotatable bonds is 2. The normalized spacial score (nSPS) is 34.7. The molecule has 132 valence electrons. The van der Waals surface area contributed by atoms with Crippen LogP contribution in [0.2, 0.25) is 0 Å². The number of nitrogens with zero attached hydrogens (tertiary/aromatic N) is 1. The van der Waals surface area contributed by atoms with Crippen LogP contribution < -0.4 is 9.47 Å². The van der Waals surface area contributed by atoms with Crippen molar-refractivity contribution in [3.8, 4) is 11.5 Å². The number of likely N-dealkylation sites (N-methyl/N-ethyl adjacent to an activating group) is 1. The largest absolute Gasteiger partial charge is 0.493 e. The van der Waals surface area contributed by atoms with Gasteiger partial charge in [0, 0.05) is 23.9 Å². The van der Waals surface area contributed by atoms with E-state index < -0.39 is 0 Å². The third-order valence-electron chi connectivity index (χ3n) is 6.69. The fraction of sp³-hybridized carbons (Fsp3) is 0.550. The van der Waals surface area contributed by atoms with Crippen molar-refractivity contribution in [2.75, 3.05) is 20.7 Å². The number of carbonyl (C=O) groups excluding carboxylic acids is 1. The van der Waals surface area contributed by atoms with Gasteiger partial charge < -0.3 is 19.1 Å². The summed E-state index contributed by atoms with van der Waals surface area (Å²) in [5.74, 6) is 2.52. The highest BCUT2D eigenvalue weighted by Gasteiger charge is 2.64. The summed E-state index contributed by atoms with van der Waals surface area (Å²) < 4.78 is 17.6. The zero-order valence-corrected chi connectivity index (χ0v) is 14.9. The molecule has 0 amide bonds. The molecule has 0 N–H and O–H groups in total. The summed E-state index contributed by atoms with van der Waals surface area (Å²) in [6.45, 7) is 2.49. The number of benzene rings is 1. The zero-order chi connectivity index (χ0) is 17.3. The van der Waals surface area contributed by atoms with Gasteiger partial charge in [-0.1, -0.05) is 6.07 Å². The summed E-state index contributed by atoms with van der Waals surface area (Å²) in [7, 11) is 3.91. The summed E-state index contributed by atoms with van der Waals surface area (Å²) in [4.78, 5) is 14.1. The molecule has 5 rings (SSSR count). The van der Waals surface area contributed by atoms with Crippen LogP contribution in [-0.2, 0) is 21.4 Å². The summed E-state index contributed by atoms with van der Waals surface area (Å²) in [5.41, 5.74) is 2.56. The second-order valence-corrected chi connectivity index (χ2v) is 7.71. The number of esters is 1. The standard InChI is InChI=1S/C20H23NO4/c1-11(22)24-16-7-5-13-14-10-12-4-6-15(23-3)18-17(12)20(13,19(16)25-18)8-9-21(14)2/h4,6-7,13-14,19H,5,8-10H2,1-3H3/t13-,14+,19-,20-/m1/s1. The lowest BCUT2D eigenvalue weighted by Crippen LogP contribution is -2.63. The van der Waals surface area contributed by atoms with E-state index in [9.17, 15) is 4.79 Å². The predicted molar refractivity (Wildman–Crippen MR) is 91.8 cm³/mol. The molecule has 2 aliphatic heterocycles. The number of carbonyl (C=O) groups is 1. The second-order valence-electron chi connectivity index (χ2n) is 7.71. The summed E-state index contributed by atoms with van der Waals surface area (Å²) in [5, 5.41) is 0. The van der Waals surface area contributed by atoms with Crippen LogP contribution in [-0.4, -0.2) is 43.7 Å². The van der Waals surface area contributed by atoms with Crippen LogP contribution in [0, 0.1) is 5.92 Å². The van der Waals surface area contributed by atoms with Crippen molar-refractivity contribution in [2.24, 2.45) is 5.92 Å². The van der Waals surface area contributed by atoms with E-state index in [0.717, 1.165) is 37.3 Å². The van der Waals surface area contributed by atoms with Crippen LogP contribution in [0.25, 0.3) is 0 Å². The molecule has 0 unspecified atom stereocenters. The third kappa shape index (κ3) is 1.79. The van der Waals surface area contributed by atoms with Crippen LogP contribution in [0.1, 0.15) is 30.9 Å². The molecule has 0 aromatic heterocycles. The summed E-state index contributed by atoms with van der Waals surface area (Å²) in [6.07, 6.45) is 4.83. The quantitative estimate of drug-likeness (QED) is 0.773. The van der Waals surface area contributed by atoms with Gasteiger partial charge in [-0.2, -0.15) is 0 Å². The number of piperidine rings is 1. The van der Waals surface area contributed by atoms with Crippen molar-refractivity contribution in [1.82, 2.24) is 4.90 Å². The highest BCUT2D eigenvalue weighted by Crippen LogP contribution is 2.63. The lowest BCUT2D eigenvalue weighted by atomic mass is 9.53. The first-order valence-corrected chi connectivity index (χ1v) is 9.02. The van der Waals surface area contributed by atoms with Gasteiger partial charge in [-0.05, 0) is 56.5 Å². The summed E-state index contributed by atoms with van der Waals surface area (Å²) in [6, 6.07) is 4.70. The molecule has 1 spiro atoms. The molecule has 1 fully saturated rings. The van der Waals surface area contributed by atoms with E-state index in [2.05, 4.69) is 24.1 Å². The average molecular weight is 341 g/mol. The van der Waals surface area contributed by atoms with E-state index in [1.165, 1.54) is 18.1 Å².